The number of piperidine rings is 1. The monoisotopic (exact) mass is 426 g/mol. The highest BCUT2D eigenvalue weighted by Crippen LogP contribution is 2.27. The van der Waals surface area contributed by atoms with Crippen LogP contribution < -0.4 is 10.6 Å². The minimum Gasteiger partial charge on any atom is -0.354 e. The summed E-state index contributed by atoms with van der Waals surface area (Å²) in [5, 5.41) is 14.0. The fourth-order valence-electron chi connectivity index (χ4n) is 3.87. The van der Waals surface area contributed by atoms with E-state index in [-0.39, 0.29) is 24.4 Å². The van der Waals surface area contributed by atoms with Gasteiger partial charge in [0, 0.05) is 36.0 Å². The van der Waals surface area contributed by atoms with Gasteiger partial charge in [-0.25, -0.2) is 4.98 Å². The van der Waals surface area contributed by atoms with Gasteiger partial charge in [0.25, 0.3) is 0 Å². The first-order valence-corrected chi connectivity index (χ1v) is 11.3. The van der Waals surface area contributed by atoms with E-state index in [0.717, 1.165) is 56.3 Å². The maximum atomic E-state index is 12.2. The molecule has 4 heterocycles. The lowest BCUT2D eigenvalue weighted by Crippen LogP contribution is -2.45. The fraction of sp³-hybridized carbons (Fsp3) is 0.579. The quantitative estimate of drug-likeness (QED) is 0.743. The maximum absolute atomic E-state index is 12.2. The van der Waals surface area contributed by atoms with Crippen molar-refractivity contribution in [2.75, 3.05) is 26.2 Å². The van der Waals surface area contributed by atoms with Crippen LogP contribution in [0.4, 0.5) is 0 Å². The summed E-state index contributed by atoms with van der Waals surface area (Å²) in [7, 11) is 0. The Morgan fingerprint density at radius 3 is 3.04 bits per heavy atom. The number of aromatic nitrogens is 1. The van der Waals surface area contributed by atoms with Gasteiger partial charge in [0.15, 0.2) is 0 Å². The van der Waals surface area contributed by atoms with Gasteiger partial charge in [-0.1, -0.05) is 0 Å². The summed E-state index contributed by atoms with van der Waals surface area (Å²) < 4.78 is 0. The average Bonchev–Trinajstić information content (AvgIpc) is 3.41. The molecule has 0 bridgehead atoms. The van der Waals surface area contributed by atoms with Crippen LogP contribution in [-0.4, -0.2) is 48.0 Å². The molecule has 27 heavy (non-hydrogen) atoms. The molecule has 2 aromatic heterocycles. The van der Waals surface area contributed by atoms with E-state index in [2.05, 4.69) is 37.7 Å². The Morgan fingerprint density at radius 1 is 1.33 bits per heavy atom. The van der Waals surface area contributed by atoms with Crippen molar-refractivity contribution in [3.05, 3.63) is 27.9 Å². The summed E-state index contributed by atoms with van der Waals surface area (Å²) in [5.74, 6) is 0.726. The Morgan fingerprint density at radius 2 is 2.26 bits per heavy atom. The number of halogens is 1. The van der Waals surface area contributed by atoms with Crippen LogP contribution in [0.15, 0.2) is 22.2 Å². The Hall–Kier alpha value is -0.990. The molecular formula is C19H27ClN4OS2. The molecule has 2 aliphatic heterocycles. The van der Waals surface area contributed by atoms with E-state index in [1.807, 2.05) is 0 Å². The van der Waals surface area contributed by atoms with Crippen LogP contribution in [-0.2, 0) is 11.3 Å². The molecule has 148 valence electrons. The highest BCUT2D eigenvalue weighted by Gasteiger charge is 2.25. The van der Waals surface area contributed by atoms with Crippen LogP contribution >= 0.6 is 35.1 Å². The molecule has 2 fully saturated rings. The highest BCUT2D eigenvalue weighted by atomic mass is 35.5. The zero-order valence-electron chi connectivity index (χ0n) is 15.4. The van der Waals surface area contributed by atoms with Crippen molar-refractivity contribution in [2.24, 2.45) is 5.92 Å². The normalized spacial score (nSPS) is 23.1. The van der Waals surface area contributed by atoms with E-state index in [1.54, 1.807) is 22.7 Å². The molecule has 0 aromatic carbocycles. The van der Waals surface area contributed by atoms with E-state index in [9.17, 15) is 4.79 Å². The minimum atomic E-state index is 0. The second-order valence-electron chi connectivity index (χ2n) is 7.29. The lowest BCUT2D eigenvalue weighted by Gasteiger charge is -2.32. The molecule has 0 aliphatic carbocycles. The van der Waals surface area contributed by atoms with Crippen molar-refractivity contribution in [3.63, 3.8) is 0 Å². The number of amides is 1. The van der Waals surface area contributed by atoms with Crippen molar-refractivity contribution >= 4 is 41.0 Å². The van der Waals surface area contributed by atoms with Gasteiger partial charge in [-0.05, 0) is 56.1 Å². The van der Waals surface area contributed by atoms with Crippen molar-refractivity contribution in [3.8, 4) is 10.6 Å². The number of thiophene rings is 1. The summed E-state index contributed by atoms with van der Waals surface area (Å²) in [4.78, 5) is 19.5. The van der Waals surface area contributed by atoms with Crippen LogP contribution in [0, 0.1) is 5.92 Å². The van der Waals surface area contributed by atoms with Gasteiger partial charge in [0.05, 0.1) is 11.7 Å². The van der Waals surface area contributed by atoms with Gasteiger partial charge in [-0.15, -0.1) is 23.7 Å². The number of hydrogen-bond donors (Lipinski definition) is 2. The summed E-state index contributed by atoms with van der Waals surface area (Å²) in [6.07, 6.45) is 4.48. The molecular weight excluding hydrogens is 400 g/mol. The molecule has 8 heteroatoms. The largest absolute Gasteiger partial charge is 0.354 e. The highest BCUT2D eigenvalue weighted by molar-refractivity contribution is 7.14. The second-order valence-corrected chi connectivity index (χ2v) is 8.93. The first-order valence-electron chi connectivity index (χ1n) is 9.48. The predicted octanol–water partition coefficient (Wildman–Crippen LogP) is 3.37. The smallest absolute Gasteiger partial charge is 0.237 e. The van der Waals surface area contributed by atoms with Gasteiger partial charge >= 0.3 is 0 Å². The van der Waals surface area contributed by atoms with Crippen molar-refractivity contribution in [1.82, 2.24) is 20.5 Å². The van der Waals surface area contributed by atoms with E-state index in [4.69, 9.17) is 4.98 Å². The third-order valence-electron chi connectivity index (χ3n) is 5.25. The van der Waals surface area contributed by atoms with Gasteiger partial charge in [0.2, 0.25) is 5.91 Å². The number of carbonyl (C=O) groups is 1. The first-order chi connectivity index (χ1) is 12.8. The van der Waals surface area contributed by atoms with E-state index in [1.165, 1.54) is 18.4 Å². The van der Waals surface area contributed by atoms with Crippen LogP contribution in [0.1, 0.15) is 31.4 Å². The number of carbonyl (C=O) groups excluding carboxylic acids is 1. The third kappa shape index (κ3) is 5.51. The van der Waals surface area contributed by atoms with Crippen molar-refractivity contribution < 1.29 is 4.79 Å². The van der Waals surface area contributed by atoms with Crippen LogP contribution in [0.25, 0.3) is 10.6 Å². The van der Waals surface area contributed by atoms with Gasteiger partial charge in [-0.2, -0.15) is 11.3 Å². The molecule has 2 saturated heterocycles. The fourth-order valence-corrected chi connectivity index (χ4v) is 5.39. The Labute approximate surface area is 175 Å². The van der Waals surface area contributed by atoms with E-state index in [0.29, 0.717) is 5.92 Å². The second kappa shape index (κ2) is 9.98. The minimum absolute atomic E-state index is 0. The van der Waals surface area contributed by atoms with Crippen LogP contribution in [0.3, 0.4) is 0 Å². The molecule has 2 aromatic rings. The molecule has 1 amide bonds. The van der Waals surface area contributed by atoms with E-state index < -0.39 is 0 Å². The first kappa shape index (κ1) is 20.7. The molecule has 2 atom stereocenters. The van der Waals surface area contributed by atoms with Crippen molar-refractivity contribution in [1.29, 1.82) is 0 Å². The molecule has 0 spiro atoms. The zero-order chi connectivity index (χ0) is 17.8. The zero-order valence-corrected chi connectivity index (χ0v) is 17.8. The van der Waals surface area contributed by atoms with Gasteiger partial charge < -0.3 is 10.6 Å². The summed E-state index contributed by atoms with van der Waals surface area (Å²) >= 11 is 3.44. The molecule has 5 nitrogen and oxygen atoms in total. The molecule has 4 rings (SSSR count). The molecule has 0 saturated carbocycles. The molecule has 2 N–H and O–H groups in total. The number of nitrogens with one attached hydrogen (secondary N) is 2. The topological polar surface area (TPSA) is 57.3 Å². The number of hydrogen-bond acceptors (Lipinski definition) is 6. The summed E-state index contributed by atoms with van der Waals surface area (Å²) in [6.45, 7) is 4.85. The Kier molecular flexibility index (Phi) is 7.66. The number of nitrogens with zero attached hydrogens (tertiary/aromatic N) is 2. The SMILES string of the molecule is Cl.O=C(NCC1CCCN(Cc2csc(-c3ccsc3)n2)C1)C1CCCN1. The maximum Gasteiger partial charge on any atom is 0.237 e. The lowest BCUT2D eigenvalue weighted by molar-refractivity contribution is -0.123. The number of thiazole rings is 1. The van der Waals surface area contributed by atoms with E-state index >= 15 is 0 Å². The standard InChI is InChI=1S/C19H26N4OS2.ClH/c24-18(17-4-1-6-20-17)21-9-14-3-2-7-23(10-14)11-16-13-26-19(22-16)15-5-8-25-12-15;/h5,8,12-14,17,20H,1-4,6-7,9-11H2,(H,21,24);1H. The summed E-state index contributed by atoms with van der Waals surface area (Å²) in [6, 6.07) is 2.16. The predicted molar refractivity (Wildman–Crippen MR) is 115 cm³/mol. The average molecular weight is 427 g/mol. The summed E-state index contributed by atoms with van der Waals surface area (Å²) in [5.41, 5.74) is 2.39. The number of likely N-dealkylation sites (tertiary alicyclic amines) is 1. The number of rotatable bonds is 6. The van der Waals surface area contributed by atoms with Gasteiger partial charge in [-0.3, -0.25) is 9.69 Å². The van der Waals surface area contributed by atoms with Gasteiger partial charge in [0.1, 0.15) is 5.01 Å². The molecule has 2 aliphatic rings. The Balaban J connectivity index is 0.00000210. The molecule has 2 unspecified atom stereocenters. The van der Waals surface area contributed by atoms with Crippen LogP contribution in [0.5, 0.6) is 0 Å². The third-order valence-corrected chi connectivity index (χ3v) is 6.87. The van der Waals surface area contributed by atoms with Crippen LogP contribution in [0.2, 0.25) is 0 Å². The van der Waals surface area contributed by atoms with Crippen molar-refractivity contribution in [2.45, 2.75) is 38.3 Å². The lowest BCUT2D eigenvalue weighted by atomic mass is 9.97. The molecule has 0 radical (unpaired) electrons. The Bertz CT molecular complexity index is 715.